The molecule has 19 heavy (non-hydrogen) atoms. The molecule has 0 spiro atoms. The van der Waals surface area contributed by atoms with Crippen molar-refractivity contribution in [1.82, 2.24) is 4.31 Å². The summed E-state index contributed by atoms with van der Waals surface area (Å²) in [5, 5.41) is 9.93. The van der Waals surface area contributed by atoms with Crippen molar-refractivity contribution < 1.29 is 23.1 Å². The summed E-state index contributed by atoms with van der Waals surface area (Å²) >= 11 is 0. The molecule has 1 N–H and O–H groups in total. The monoisotopic (exact) mass is 293 g/mol. The summed E-state index contributed by atoms with van der Waals surface area (Å²) in [7, 11) is -3.45. The van der Waals surface area contributed by atoms with Crippen molar-refractivity contribution in [3.05, 3.63) is 0 Å². The van der Waals surface area contributed by atoms with Crippen LogP contribution in [0.15, 0.2) is 0 Å². The topological polar surface area (TPSA) is 83.9 Å². The van der Waals surface area contributed by atoms with E-state index < -0.39 is 21.6 Å². The molecule has 0 radical (unpaired) electrons. The van der Waals surface area contributed by atoms with E-state index in [1.807, 2.05) is 0 Å². The summed E-state index contributed by atoms with van der Waals surface area (Å²) in [5.41, 5.74) is -0.800. The molecule has 112 valence electrons. The van der Waals surface area contributed by atoms with E-state index in [2.05, 4.69) is 0 Å². The Morgan fingerprint density at radius 2 is 2.05 bits per heavy atom. The molecule has 0 saturated carbocycles. The van der Waals surface area contributed by atoms with E-state index in [-0.39, 0.29) is 18.8 Å². The summed E-state index contributed by atoms with van der Waals surface area (Å²) in [4.78, 5) is 11.2. The zero-order valence-electron chi connectivity index (χ0n) is 11.6. The maximum absolute atomic E-state index is 12.1. The molecule has 0 aromatic carbocycles. The predicted octanol–water partition coefficient (Wildman–Crippen LogP) is 0.506. The molecule has 0 aliphatic carbocycles. The maximum Gasteiger partial charge on any atom is 0.306 e. The largest absolute Gasteiger partial charge is 0.466 e. The van der Waals surface area contributed by atoms with Crippen LogP contribution in [0.3, 0.4) is 0 Å². The van der Waals surface area contributed by atoms with Gasteiger partial charge in [0, 0.05) is 13.1 Å². The Hall–Kier alpha value is -0.660. The fourth-order valence-corrected chi connectivity index (χ4v) is 3.55. The average molecular weight is 293 g/mol. The number of nitrogens with zero attached hydrogens (tertiary/aromatic N) is 1. The first-order chi connectivity index (χ1) is 8.77. The first kappa shape index (κ1) is 16.4. The zero-order valence-corrected chi connectivity index (χ0v) is 12.4. The van der Waals surface area contributed by atoms with Gasteiger partial charge in [-0.3, -0.25) is 4.79 Å². The lowest BCUT2D eigenvalue weighted by Gasteiger charge is -2.22. The van der Waals surface area contributed by atoms with Gasteiger partial charge in [0.15, 0.2) is 0 Å². The Labute approximate surface area is 114 Å². The summed E-state index contributed by atoms with van der Waals surface area (Å²) in [6.45, 7) is 4.37. The quantitative estimate of drug-likeness (QED) is 0.747. The van der Waals surface area contributed by atoms with E-state index in [4.69, 9.17) is 4.74 Å². The molecule has 1 aliphatic heterocycles. The highest BCUT2D eigenvalue weighted by atomic mass is 32.2. The Morgan fingerprint density at radius 1 is 1.37 bits per heavy atom. The molecule has 1 aliphatic rings. The molecule has 1 heterocycles. The Morgan fingerprint density at radius 3 is 2.68 bits per heavy atom. The van der Waals surface area contributed by atoms with Crippen LogP contribution in [0.2, 0.25) is 0 Å². The van der Waals surface area contributed by atoms with Gasteiger partial charge < -0.3 is 9.84 Å². The normalized spacial score (nSPS) is 25.8. The van der Waals surface area contributed by atoms with Gasteiger partial charge in [-0.2, -0.15) is 0 Å². The minimum absolute atomic E-state index is 0.122. The highest BCUT2D eigenvalue weighted by Crippen LogP contribution is 2.23. The maximum atomic E-state index is 12.1. The van der Waals surface area contributed by atoms with Crippen LogP contribution in [-0.2, 0) is 19.6 Å². The van der Waals surface area contributed by atoms with Crippen LogP contribution in [0.5, 0.6) is 0 Å². The van der Waals surface area contributed by atoms with Crippen LogP contribution in [0.4, 0.5) is 0 Å². The smallest absolute Gasteiger partial charge is 0.306 e. The van der Waals surface area contributed by atoms with Crippen LogP contribution >= 0.6 is 0 Å². The number of carbonyl (C=O) groups is 1. The van der Waals surface area contributed by atoms with Crippen molar-refractivity contribution in [1.29, 1.82) is 0 Å². The molecule has 1 saturated heterocycles. The van der Waals surface area contributed by atoms with E-state index in [1.165, 1.54) is 4.31 Å². The number of carbonyl (C=O) groups excluding carboxylic acids is 1. The lowest BCUT2D eigenvalue weighted by molar-refractivity contribution is -0.142. The van der Waals surface area contributed by atoms with Gasteiger partial charge in [-0.25, -0.2) is 12.7 Å². The first-order valence-corrected chi connectivity index (χ1v) is 8.23. The van der Waals surface area contributed by atoms with Crippen LogP contribution in [0.25, 0.3) is 0 Å². The highest BCUT2D eigenvalue weighted by molar-refractivity contribution is 7.89. The zero-order chi connectivity index (χ0) is 14.5. The van der Waals surface area contributed by atoms with Crippen molar-refractivity contribution in [2.24, 2.45) is 0 Å². The molecule has 1 unspecified atom stereocenters. The minimum atomic E-state index is -3.45. The summed E-state index contributed by atoms with van der Waals surface area (Å²) in [5.74, 6) is -0.721. The number of esters is 1. The number of hydrogen-bond acceptors (Lipinski definition) is 5. The summed E-state index contributed by atoms with van der Waals surface area (Å²) in [6.07, 6.45) is 1.53. The van der Waals surface area contributed by atoms with Gasteiger partial charge in [0.25, 0.3) is 0 Å². The van der Waals surface area contributed by atoms with Gasteiger partial charge in [-0.15, -0.1) is 0 Å². The standard InChI is InChI=1S/C12H23NO5S/c1-3-18-11(14)5-10-19(16,17)13-8-4-6-12(2,15)7-9-13/h15H,3-10H2,1-2H3. The Bertz CT molecular complexity index is 404. The molecule has 6 nitrogen and oxygen atoms in total. The Kier molecular flexibility index (Phi) is 5.76. The number of rotatable bonds is 5. The van der Waals surface area contributed by atoms with E-state index in [1.54, 1.807) is 13.8 Å². The summed E-state index contributed by atoms with van der Waals surface area (Å²) < 4.78 is 30.3. The number of sulfonamides is 1. The average Bonchev–Trinajstić information content (AvgIpc) is 2.48. The van der Waals surface area contributed by atoms with Crippen molar-refractivity contribution in [2.75, 3.05) is 25.4 Å². The second-order valence-corrected chi connectivity index (χ2v) is 7.21. The first-order valence-electron chi connectivity index (χ1n) is 6.63. The van der Waals surface area contributed by atoms with Crippen molar-refractivity contribution >= 4 is 16.0 Å². The Balaban J connectivity index is 2.55. The van der Waals surface area contributed by atoms with Gasteiger partial charge in [0.2, 0.25) is 10.0 Å². The number of hydrogen-bond donors (Lipinski definition) is 1. The van der Waals surface area contributed by atoms with Crippen molar-refractivity contribution in [3.63, 3.8) is 0 Å². The molecule has 1 atom stereocenters. The van der Waals surface area contributed by atoms with E-state index in [0.717, 1.165) is 0 Å². The SMILES string of the molecule is CCOC(=O)CCS(=O)(=O)N1CCCC(C)(O)CC1. The van der Waals surface area contributed by atoms with Gasteiger partial charge >= 0.3 is 5.97 Å². The second-order valence-electron chi connectivity index (χ2n) is 5.12. The molecule has 0 amide bonds. The molecule has 0 aromatic rings. The third-order valence-electron chi connectivity index (χ3n) is 3.29. The lowest BCUT2D eigenvalue weighted by atomic mass is 9.98. The molecule has 0 bridgehead atoms. The fraction of sp³-hybridized carbons (Fsp3) is 0.917. The summed E-state index contributed by atoms with van der Waals surface area (Å²) in [6, 6.07) is 0. The molecular formula is C12H23NO5S. The molecule has 0 aromatic heterocycles. The van der Waals surface area contributed by atoms with Gasteiger partial charge in [-0.1, -0.05) is 0 Å². The second kappa shape index (κ2) is 6.67. The van der Waals surface area contributed by atoms with Gasteiger partial charge in [0.1, 0.15) is 0 Å². The minimum Gasteiger partial charge on any atom is -0.466 e. The fourth-order valence-electron chi connectivity index (χ4n) is 2.09. The lowest BCUT2D eigenvalue weighted by Crippen LogP contribution is -2.35. The van der Waals surface area contributed by atoms with Crippen molar-refractivity contribution in [2.45, 2.75) is 45.1 Å². The van der Waals surface area contributed by atoms with Crippen LogP contribution in [0.1, 0.15) is 39.5 Å². The van der Waals surface area contributed by atoms with E-state index in [0.29, 0.717) is 32.4 Å². The highest BCUT2D eigenvalue weighted by Gasteiger charge is 2.30. The van der Waals surface area contributed by atoms with E-state index in [9.17, 15) is 18.3 Å². The number of ether oxygens (including phenoxy) is 1. The van der Waals surface area contributed by atoms with Gasteiger partial charge in [-0.05, 0) is 33.1 Å². The third kappa shape index (κ3) is 5.46. The van der Waals surface area contributed by atoms with Crippen molar-refractivity contribution in [3.8, 4) is 0 Å². The predicted molar refractivity (Wildman–Crippen MR) is 71.1 cm³/mol. The van der Waals surface area contributed by atoms with E-state index >= 15 is 0 Å². The van der Waals surface area contributed by atoms with Crippen LogP contribution in [0, 0.1) is 0 Å². The van der Waals surface area contributed by atoms with Crippen LogP contribution in [-0.4, -0.2) is 54.8 Å². The van der Waals surface area contributed by atoms with Gasteiger partial charge in [0.05, 0.1) is 24.4 Å². The number of aliphatic hydroxyl groups is 1. The van der Waals surface area contributed by atoms with Crippen LogP contribution < -0.4 is 0 Å². The molecule has 7 heteroatoms. The molecular weight excluding hydrogens is 270 g/mol. The molecule has 1 rings (SSSR count). The molecule has 1 fully saturated rings. The third-order valence-corrected chi connectivity index (χ3v) is 5.16.